The number of hydrogen-bond acceptors (Lipinski definition) is 5. The van der Waals surface area contributed by atoms with Gasteiger partial charge in [-0.1, -0.05) is 0 Å². The minimum Gasteiger partial charge on any atom is -0.480 e. The van der Waals surface area contributed by atoms with Crippen molar-refractivity contribution in [1.29, 1.82) is 0 Å². The molecule has 2 rings (SSSR count). The minimum atomic E-state index is -1.13. The number of rotatable bonds is 5. The summed E-state index contributed by atoms with van der Waals surface area (Å²) in [6.07, 6.45) is 0. The van der Waals surface area contributed by atoms with Gasteiger partial charge in [0.05, 0.1) is 10.6 Å². The second-order valence-electron chi connectivity index (χ2n) is 5.30. The van der Waals surface area contributed by atoms with Crippen molar-refractivity contribution in [3.63, 3.8) is 0 Å². The Balaban J connectivity index is 2.06. The van der Waals surface area contributed by atoms with E-state index < -0.39 is 24.0 Å². The van der Waals surface area contributed by atoms with Crippen LogP contribution in [0.25, 0.3) is 10.2 Å². The molecule has 2 heterocycles. The van der Waals surface area contributed by atoms with Crippen LogP contribution in [0.5, 0.6) is 0 Å². The lowest BCUT2D eigenvalue weighted by Gasteiger charge is -2.15. The van der Waals surface area contributed by atoms with Gasteiger partial charge < -0.3 is 15.7 Å². The summed E-state index contributed by atoms with van der Waals surface area (Å²) >= 11 is 1.29. The van der Waals surface area contributed by atoms with E-state index in [0.29, 0.717) is 4.88 Å². The number of carbonyl (C=O) groups excluding carboxylic acids is 2. The SMILES string of the molecule is Cc1nn(C)c2sc(C(=O)NC(C)C(=O)NC(C)C(=O)O)cc12. The zero-order chi connectivity index (χ0) is 17.3. The van der Waals surface area contributed by atoms with E-state index in [2.05, 4.69) is 15.7 Å². The number of amides is 2. The van der Waals surface area contributed by atoms with E-state index in [-0.39, 0.29) is 5.91 Å². The highest BCUT2D eigenvalue weighted by Gasteiger charge is 2.22. The second kappa shape index (κ2) is 6.37. The van der Waals surface area contributed by atoms with Gasteiger partial charge in [-0.15, -0.1) is 11.3 Å². The lowest BCUT2D eigenvalue weighted by molar-refractivity contribution is -0.141. The molecule has 0 aliphatic carbocycles. The number of nitrogens with one attached hydrogen (secondary N) is 2. The van der Waals surface area contributed by atoms with Crippen LogP contribution in [0.3, 0.4) is 0 Å². The van der Waals surface area contributed by atoms with Gasteiger partial charge in [-0.25, -0.2) is 0 Å². The lowest BCUT2D eigenvalue weighted by Crippen LogP contribution is -2.49. The molecular weight excluding hydrogens is 320 g/mol. The first-order valence-corrected chi connectivity index (χ1v) is 7.79. The summed E-state index contributed by atoms with van der Waals surface area (Å²) in [5.41, 5.74) is 0.832. The highest BCUT2D eigenvalue weighted by molar-refractivity contribution is 7.20. The fourth-order valence-corrected chi connectivity index (χ4v) is 3.08. The molecule has 0 saturated carbocycles. The van der Waals surface area contributed by atoms with Crippen molar-refractivity contribution in [2.24, 2.45) is 7.05 Å². The van der Waals surface area contributed by atoms with E-state index in [0.717, 1.165) is 15.9 Å². The molecule has 0 aliphatic heterocycles. The predicted molar refractivity (Wildman–Crippen MR) is 85.5 cm³/mol. The molecule has 3 N–H and O–H groups in total. The van der Waals surface area contributed by atoms with E-state index >= 15 is 0 Å². The number of thiophene rings is 1. The molecule has 2 aromatic heterocycles. The van der Waals surface area contributed by atoms with E-state index in [4.69, 9.17) is 5.11 Å². The largest absolute Gasteiger partial charge is 0.480 e. The normalized spacial score (nSPS) is 13.6. The summed E-state index contributed by atoms with van der Waals surface area (Å²) in [6, 6.07) is -0.115. The number of fused-ring (bicyclic) bond motifs is 1. The van der Waals surface area contributed by atoms with Crippen molar-refractivity contribution >= 4 is 39.3 Å². The van der Waals surface area contributed by atoms with E-state index in [1.807, 2.05) is 6.92 Å². The van der Waals surface area contributed by atoms with Crippen LogP contribution in [0, 0.1) is 6.92 Å². The Hall–Kier alpha value is -2.42. The smallest absolute Gasteiger partial charge is 0.325 e. The van der Waals surface area contributed by atoms with Gasteiger partial charge in [0.1, 0.15) is 16.9 Å². The molecule has 2 amide bonds. The van der Waals surface area contributed by atoms with Crippen LogP contribution < -0.4 is 10.6 Å². The van der Waals surface area contributed by atoms with Crippen molar-refractivity contribution in [2.45, 2.75) is 32.9 Å². The van der Waals surface area contributed by atoms with Crippen LogP contribution in [-0.2, 0) is 16.6 Å². The average molecular weight is 338 g/mol. The molecule has 0 fully saturated rings. The van der Waals surface area contributed by atoms with Crippen LogP contribution in [0.4, 0.5) is 0 Å². The quantitative estimate of drug-likeness (QED) is 0.741. The molecule has 9 heteroatoms. The van der Waals surface area contributed by atoms with Crippen LogP contribution in [0.15, 0.2) is 6.07 Å². The Labute approximate surface area is 136 Å². The maximum atomic E-state index is 12.2. The Morgan fingerprint density at radius 1 is 1.26 bits per heavy atom. The first-order chi connectivity index (χ1) is 10.7. The van der Waals surface area contributed by atoms with Gasteiger partial charge in [-0.2, -0.15) is 5.10 Å². The van der Waals surface area contributed by atoms with Crippen molar-refractivity contribution in [3.05, 3.63) is 16.6 Å². The molecule has 0 saturated heterocycles. The summed E-state index contributed by atoms with van der Waals surface area (Å²) in [5, 5.41) is 18.8. The number of carboxylic acids is 1. The molecule has 0 aromatic carbocycles. The first kappa shape index (κ1) is 16.9. The monoisotopic (exact) mass is 338 g/mol. The Bertz CT molecular complexity index is 745. The number of hydrogen-bond donors (Lipinski definition) is 3. The molecule has 0 aliphatic rings. The van der Waals surface area contributed by atoms with E-state index in [1.165, 1.54) is 25.2 Å². The van der Waals surface area contributed by atoms with Gasteiger partial charge >= 0.3 is 5.97 Å². The van der Waals surface area contributed by atoms with Gasteiger partial charge in [-0.3, -0.25) is 19.1 Å². The van der Waals surface area contributed by atoms with Gasteiger partial charge in [-0.05, 0) is 26.8 Å². The predicted octanol–water partition coefficient (Wildman–Crippen LogP) is 0.651. The van der Waals surface area contributed by atoms with Gasteiger partial charge in [0, 0.05) is 12.4 Å². The van der Waals surface area contributed by atoms with E-state index in [1.54, 1.807) is 17.8 Å². The Morgan fingerprint density at radius 2 is 1.91 bits per heavy atom. The summed E-state index contributed by atoms with van der Waals surface area (Å²) in [5.74, 6) is -2.06. The third-order valence-corrected chi connectivity index (χ3v) is 4.59. The number of aryl methyl sites for hydroxylation is 2. The molecular formula is C14H18N4O4S. The van der Waals surface area contributed by atoms with Crippen molar-refractivity contribution in [3.8, 4) is 0 Å². The maximum absolute atomic E-state index is 12.2. The topological polar surface area (TPSA) is 113 Å². The molecule has 2 atom stereocenters. The highest BCUT2D eigenvalue weighted by Crippen LogP contribution is 2.27. The fourth-order valence-electron chi connectivity index (χ4n) is 2.05. The third kappa shape index (κ3) is 3.50. The van der Waals surface area contributed by atoms with Crippen molar-refractivity contribution in [2.75, 3.05) is 0 Å². The van der Waals surface area contributed by atoms with Gasteiger partial charge in [0.15, 0.2) is 0 Å². The van der Waals surface area contributed by atoms with Crippen LogP contribution in [0.2, 0.25) is 0 Å². The molecule has 0 bridgehead atoms. The second-order valence-corrected chi connectivity index (χ2v) is 6.33. The Morgan fingerprint density at radius 3 is 2.48 bits per heavy atom. The number of aliphatic carboxylic acids is 1. The summed E-state index contributed by atoms with van der Waals surface area (Å²) in [6.45, 7) is 4.72. The summed E-state index contributed by atoms with van der Waals surface area (Å²) < 4.78 is 1.71. The average Bonchev–Trinajstić information content (AvgIpc) is 3.01. The molecule has 8 nitrogen and oxygen atoms in total. The number of carboxylic acid groups (broad SMARTS) is 1. The number of nitrogens with zero attached hydrogens (tertiary/aromatic N) is 2. The van der Waals surface area contributed by atoms with Crippen LogP contribution >= 0.6 is 11.3 Å². The minimum absolute atomic E-state index is 0.378. The standard InChI is InChI=1S/C14H18N4O4S/c1-6-9-5-10(23-13(9)18(4)17-6)12(20)15-7(2)11(19)16-8(3)14(21)22/h5,7-8H,1-4H3,(H,15,20)(H,16,19)(H,21,22). The lowest BCUT2D eigenvalue weighted by atomic mass is 10.2. The number of carbonyl (C=O) groups is 3. The molecule has 124 valence electrons. The first-order valence-electron chi connectivity index (χ1n) is 6.98. The van der Waals surface area contributed by atoms with Gasteiger partial charge in [0.25, 0.3) is 5.91 Å². The third-order valence-electron chi connectivity index (χ3n) is 3.39. The van der Waals surface area contributed by atoms with Gasteiger partial charge in [0.2, 0.25) is 5.91 Å². The molecule has 2 aromatic rings. The molecule has 0 radical (unpaired) electrons. The summed E-state index contributed by atoms with van der Waals surface area (Å²) in [4.78, 5) is 36.2. The molecule has 2 unspecified atom stereocenters. The van der Waals surface area contributed by atoms with Crippen molar-refractivity contribution < 1.29 is 19.5 Å². The summed E-state index contributed by atoms with van der Waals surface area (Å²) in [7, 11) is 1.80. The fraction of sp³-hybridized carbons (Fsp3) is 0.429. The Kier molecular flexibility index (Phi) is 4.69. The zero-order valence-electron chi connectivity index (χ0n) is 13.2. The number of aromatic nitrogens is 2. The molecule has 0 spiro atoms. The zero-order valence-corrected chi connectivity index (χ0v) is 14.0. The van der Waals surface area contributed by atoms with Crippen LogP contribution in [0.1, 0.15) is 29.2 Å². The molecule has 23 heavy (non-hydrogen) atoms. The highest BCUT2D eigenvalue weighted by atomic mass is 32.1. The van der Waals surface area contributed by atoms with Crippen molar-refractivity contribution in [1.82, 2.24) is 20.4 Å². The van der Waals surface area contributed by atoms with Crippen LogP contribution in [-0.4, -0.2) is 44.8 Å². The van der Waals surface area contributed by atoms with E-state index in [9.17, 15) is 14.4 Å². The maximum Gasteiger partial charge on any atom is 0.325 e.